The standard InChI is InChI=1S/C60H39N3/c1-3-15-40(16-4-1)44-35-45(41-17-5-2-6-18-41)37-48(36-44)63-58-26-14-10-22-52(58)54-39-43(28-34-60(54)63)42-27-33-59-53(38-42)51-21-9-13-25-57(51)62(59)47-31-29-46(30-32-47)61-55-23-11-7-19-49(55)50-20-8-12-24-56(50)61/h1-39H. The summed E-state index contributed by atoms with van der Waals surface area (Å²) < 4.78 is 7.23. The maximum Gasteiger partial charge on any atom is 0.0541 e. The summed E-state index contributed by atoms with van der Waals surface area (Å²) in [6, 6.07) is 86.5. The van der Waals surface area contributed by atoms with E-state index in [-0.39, 0.29) is 0 Å². The maximum atomic E-state index is 2.44. The number of rotatable bonds is 6. The zero-order valence-corrected chi connectivity index (χ0v) is 34.4. The molecule has 0 amide bonds. The molecule has 0 aliphatic rings. The average molecular weight is 802 g/mol. The Hall–Kier alpha value is -8.40. The quantitative estimate of drug-likeness (QED) is 0.159. The Balaban J connectivity index is 0.934. The number of nitrogens with zero attached hydrogens (tertiary/aromatic N) is 3. The number of fused-ring (bicyclic) bond motifs is 9. The molecular weight excluding hydrogens is 763 g/mol. The molecule has 3 heteroatoms. The highest BCUT2D eigenvalue weighted by molar-refractivity contribution is 6.13. The molecular formula is C60H39N3. The van der Waals surface area contributed by atoms with Gasteiger partial charge in [0.25, 0.3) is 0 Å². The van der Waals surface area contributed by atoms with Crippen molar-refractivity contribution in [3.63, 3.8) is 0 Å². The van der Waals surface area contributed by atoms with Gasteiger partial charge >= 0.3 is 0 Å². The van der Waals surface area contributed by atoms with Crippen molar-refractivity contribution in [1.29, 1.82) is 0 Å². The van der Waals surface area contributed by atoms with Crippen LogP contribution in [0.25, 0.3) is 116 Å². The molecule has 3 aromatic heterocycles. The third-order valence-electron chi connectivity index (χ3n) is 13.0. The van der Waals surface area contributed by atoms with Crippen LogP contribution in [0.5, 0.6) is 0 Å². The van der Waals surface area contributed by atoms with E-state index in [4.69, 9.17) is 0 Å². The molecule has 0 spiro atoms. The number of para-hydroxylation sites is 4. The Labute approximate surface area is 364 Å². The molecule has 0 fully saturated rings. The smallest absolute Gasteiger partial charge is 0.0541 e. The van der Waals surface area contributed by atoms with Crippen LogP contribution in [-0.4, -0.2) is 13.7 Å². The number of benzene rings is 10. The van der Waals surface area contributed by atoms with Gasteiger partial charge in [0, 0.05) is 49.4 Å². The van der Waals surface area contributed by atoms with E-state index in [2.05, 4.69) is 250 Å². The van der Waals surface area contributed by atoms with Gasteiger partial charge in [0.2, 0.25) is 0 Å². The lowest BCUT2D eigenvalue weighted by atomic mass is 9.98. The summed E-state index contributed by atoms with van der Waals surface area (Å²) in [7, 11) is 0. The van der Waals surface area contributed by atoms with E-state index in [9.17, 15) is 0 Å². The highest BCUT2D eigenvalue weighted by atomic mass is 15.0. The first-order chi connectivity index (χ1) is 31.2. The lowest BCUT2D eigenvalue weighted by Crippen LogP contribution is -1.97. The van der Waals surface area contributed by atoms with Crippen molar-refractivity contribution in [2.45, 2.75) is 0 Å². The van der Waals surface area contributed by atoms with Gasteiger partial charge in [0.05, 0.1) is 33.1 Å². The summed E-state index contributed by atoms with van der Waals surface area (Å²) in [5.74, 6) is 0. The van der Waals surface area contributed by atoms with Crippen LogP contribution in [0, 0.1) is 0 Å². The van der Waals surface area contributed by atoms with E-state index in [1.807, 2.05) is 0 Å². The van der Waals surface area contributed by atoms with Gasteiger partial charge in [-0.3, -0.25) is 0 Å². The van der Waals surface area contributed by atoms with Crippen LogP contribution in [0.15, 0.2) is 237 Å². The maximum absolute atomic E-state index is 2.44. The van der Waals surface area contributed by atoms with Crippen molar-refractivity contribution >= 4 is 65.4 Å². The fourth-order valence-corrected chi connectivity index (χ4v) is 10.1. The summed E-state index contributed by atoms with van der Waals surface area (Å²) in [6.45, 7) is 0. The molecule has 0 saturated heterocycles. The van der Waals surface area contributed by atoms with Crippen molar-refractivity contribution in [2.75, 3.05) is 0 Å². The van der Waals surface area contributed by atoms with Gasteiger partial charge in [-0.2, -0.15) is 0 Å². The van der Waals surface area contributed by atoms with Crippen molar-refractivity contribution in [1.82, 2.24) is 13.7 Å². The van der Waals surface area contributed by atoms with Crippen LogP contribution in [0.2, 0.25) is 0 Å². The van der Waals surface area contributed by atoms with E-state index in [0.717, 1.165) is 17.1 Å². The van der Waals surface area contributed by atoms with Crippen LogP contribution in [0.4, 0.5) is 0 Å². The Kier molecular flexibility index (Phi) is 7.91. The Morgan fingerprint density at radius 1 is 0.175 bits per heavy atom. The molecule has 3 nitrogen and oxygen atoms in total. The van der Waals surface area contributed by atoms with E-state index >= 15 is 0 Å². The minimum Gasteiger partial charge on any atom is -0.309 e. The predicted octanol–water partition coefficient (Wildman–Crippen LogP) is 16.0. The number of hydrogen-bond donors (Lipinski definition) is 0. The summed E-state index contributed by atoms with van der Waals surface area (Å²) in [4.78, 5) is 0. The molecule has 0 bridgehead atoms. The van der Waals surface area contributed by atoms with Crippen molar-refractivity contribution in [3.8, 4) is 50.4 Å². The summed E-state index contributed by atoms with van der Waals surface area (Å²) in [6.07, 6.45) is 0. The molecule has 294 valence electrons. The second-order valence-corrected chi connectivity index (χ2v) is 16.6. The third-order valence-corrected chi connectivity index (χ3v) is 13.0. The van der Waals surface area contributed by atoms with Crippen molar-refractivity contribution in [3.05, 3.63) is 237 Å². The second kappa shape index (κ2) is 14.1. The minimum atomic E-state index is 1.14. The lowest BCUT2D eigenvalue weighted by Gasteiger charge is -2.14. The van der Waals surface area contributed by atoms with Crippen LogP contribution < -0.4 is 0 Å². The highest BCUT2D eigenvalue weighted by Gasteiger charge is 2.18. The van der Waals surface area contributed by atoms with Gasteiger partial charge in [0.15, 0.2) is 0 Å². The van der Waals surface area contributed by atoms with E-state index in [1.165, 1.54) is 98.8 Å². The minimum absolute atomic E-state index is 1.14. The fraction of sp³-hybridized carbons (Fsp3) is 0. The first-order valence-electron chi connectivity index (χ1n) is 21.7. The van der Waals surface area contributed by atoms with E-state index < -0.39 is 0 Å². The molecule has 0 N–H and O–H groups in total. The van der Waals surface area contributed by atoms with Crippen LogP contribution in [0.3, 0.4) is 0 Å². The Morgan fingerprint density at radius 3 is 0.889 bits per heavy atom. The van der Waals surface area contributed by atoms with Crippen LogP contribution in [-0.2, 0) is 0 Å². The third kappa shape index (κ3) is 5.60. The van der Waals surface area contributed by atoms with Gasteiger partial charge in [-0.1, -0.05) is 146 Å². The zero-order valence-electron chi connectivity index (χ0n) is 34.4. The zero-order chi connectivity index (χ0) is 41.4. The van der Waals surface area contributed by atoms with Gasteiger partial charge in [-0.05, 0) is 124 Å². The first-order valence-corrected chi connectivity index (χ1v) is 21.7. The highest BCUT2D eigenvalue weighted by Crippen LogP contribution is 2.40. The predicted molar refractivity (Wildman–Crippen MR) is 266 cm³/mol. The topological polar surface area (TPSA) is 14.8 Å². The van der Waals surface area contributed by atoms with Gasteiger partial charge in [-0.25, -0.2) is 0 Å². The van der Waals surface area contributed by atoms with Crippen molar-refractivity contribution in [2.24, 2.45) is 0 Å². The molecule has 3 heterocycles. The largest absolute Gasteiger partial charge is 0.309 e. The normalized spacial score (nSPS) is 11.8. The Morgan fingerprint density at radius 2 is 0.492 bits per heavy atom. The molecule has 13 aromatic rings. The van der Waals surface area contributed by atoms with E-state index in [0.29, 0.717) is 0 Å². The van der Waals surface area contributed by atoms with E-state index in [1.54, 1.807) is 0 Å². The Bertz CT molecular complexity index is 3770. The average Bonchev–Trinajstić information content (AvgIpc) is 4.00. The number of aromatic nitrogens is 3. The molecule has 10 aromatic carbocycles. The van der Waals surface area contributed by atoms with Crippen molar-refractivity contribution < 1.29 is 0 Å². The first kappa shape index (κ1) is 35.4. The summed E-state index contributed by atoms with van der Waals surface area (Å²) in [5, 5.41) is 7.50. The van der Waals surface area contributed by atoms with Gasteiger partial charge < -0.3 is 13.7 Å². The van der Waals surface area contributed by atoms with Crippen LogP contribution >= 0.6 is 0 Å². The lowest BCUT2D eigenvalue weighted by molar-refractivity contribution is 1.14. The van der Waals surface area contributed by atoms with Gasteiger partial charge in [0.1, 0.15) is 0 Å². The summed E-state index contributed by atoms with van der Waals surface area (Å²) >= 11 is 0. The molecule has 0 atom stereocenters. The molecule has 0 unspecified atom stereocenters. The second-order valence-electron chi connectivity index (χ2n) is 16.6. The summed E-state index contributed by atoms with van der Waals surface area (Å²) in [5.41, 5.74) is 17.8. The molecule has 0 radical (unpaired) electrons. The molecule has 0 saturated carbocycles. The molecule has 0 aliphatic carbocycles. The molecule has 0 aliphatic heterocycles. The SMILES string of the molecule is c1ccc(-c2cc(-c3ccccc3)cc(-n3c4ccccc4c4cc(-c5ccc6c(c5)c5ccccc5n6-c5ccc(-n6c7ccccc7c7ccccc76)cc5)ccc43)c2)cc1. The van der Waals surface area contributed by atoms with Crippen LogP contribution in [0.1, 0.15) is 0 Å². The molecule has 13 rings (SSSR count). The van der Waals surface area contributed by atoms with Gasteiger partial charge in [-0.15, -0.1) is 0 Å². The monoisotopic (exact) mass is 801 g/mol. The fourth-order valence-electron chi connectivity index (χ4n) is 10.1. The number of hydrogen-bond acceptors (Lipinski definition) is 0. The molecule has 63 heavy (non-hydrogen) atoms.